The van der Waals surface area contributed by atoms with Crippen molar-refractivity contribution in [2.24, 2.45) is 5.10 Å². The van der Waals surface area contributed by atoms with Gasteiger partial charge in [0, 0.05) is 10.0 Å². The van der Waals surface area contributed by atoms with E-state index in [1.54, 1.807) is 18.2 Å². The average molecular weight is 283 g/mol. The maximum absolute atomic E-state index is 9.50. The van der Waals surface area contributed by atoms with Crippen LogP contribution in [0.2, 0.25) is 0 Å². The minimum Gasteiger partial charge on any atom is -0.507 e. The van der Waals surface area contributed by atoms with Crippen LogP contribution in [0, 0.1) is 0 Å². The van der Waals surface area contributed by atoms with Crippen LogP contribution in [0.4, 0.5) is 5.95 Å². The second-order valence-corrected chi connectivity index (χ2v) is 3.74. The molecule has 1 heterocycles. The summed E-state index contributed by atoms with van der Waals surface area (Å²) in [6.07, 6.45) is 1.46. The zero-order valence-electron chi connectivity index (χ0n) is 7.92. The largest absolute Gasteiger partial charge is 0.507 e. The molecule has 0 bridgehead atoms. The molecule has 0 fully saturated rings. The van der Waals surface area contributed by atoms with E-state index in [4.69, 9.17) is 0 Å². The molecular weight excluding hydrogens is 276 g/mol. The predicted molar refractivity (Wildman–Crippen MR) is 61.2 cm³/mol. The summed E-state index contributed by atoms with van der Waals surface area (Å²) in [4.78, 5) is 0. The van der Waals surface area contributed by atoms with Crippen LogP contribution >= 0.6 is 15.9 Å². The van der Waals surface area contributed by atoms with Crippen LogP contribution < -0.4 is 5.43 Å². The van der Waals surface area contributed by atoms with Crippen molar-refractivity contribution >= 4 is 28.1 Å². The van der Waals surface area contributed by atoms with E-state index >= 15 is 0 Å². The lowest BCUT2D eigenvalue weighted by Gasteiger charge is -1.98. The van der Waals surface area contributed by atoms with E-state index in [2.05, 4.69) is 47.1 Å². The van der Waals surface area contributed by atoms with Crippen LogP contribution in [0.15, 0.2) is 27.8 Å². The second-order valence-electron chi connectivity index (χ2n) is 2.82. The van der Waals surface area contributed by atoms with E-state index in [-0.39, 0.29) is 5.75 Å². The van der Waals surface area contributed by atoms with Crippen molar-refractivity contribution in [1.29, 1.82) is 0 Å². The lowest BCUT2D eigenvalue weighted by atomic mass is 10.2. The number of rotatable bonds is 3. The lowest BCUT2D eigenvalue weighted by Crippen LogP contribution is -1.93. The molecule has 0 aliphatic rings. The molecule has 2 rings (SSSR count). The van der Waals surface area contributed by atoms with Gasteiger partial charge in [-0.15, -0.1) is 0 Å². The van der Waals surface area contributed by atoms with Crippen molar-refractivity contribution in [1.82, 2.24) is 20.6 Å². The second kappa shape index (κ2) is 4.71. The molecule has 0 saturated heterocycles. The summed E-state index contributed by atoms with van der Waals surface area (Å²) in [5.74, 6) is 0.468. The van der Waals surface area contributed by atoms with Crippen molar-refractivity contribution in [3.8, 4) is 5.75 Å². The molecule has 0 aliphatic heterocycles. The van der Waals surface area contributed by atoms with Gasteiger partial charge in [0.05, 0.1) is 6.21 Å². The van der Waals surface area contributed by atoms with E-state index in [1.165, 1.54) is 6.21 Å². The number of tetrazole rings is 1. The Balaban J connectivity index is 2.08. The van der Waals surface area contributed by atoms with E-state index < -0.39 is 0 Å². The van der Waals surface area contributed by atoms with Gasteiger partial charge in [0.25, 0.3) is 5.95 Å². The smallest absolute Gasteiger partial charge is 0.260 e. The molecule has 8 heteroatoms. The fraction of sp³-hybridized carbons (Fsp3) is 0. The zero-order chi connectivity index (χ0) is 11.4. The first-order valence-corrected chi connectivity index (χ1v) is 5.06. The van der Waals surface area contributed by atoms with Crippen molar-refractivity contribution in [2.45, 2.75) is 0 Å². The maximum Gasteiger partial charge on any atom is 0.260 e. The van der Waals surface area contributed by atoms with Gasteiger partial charge in [-0.05, 0) is 28.6 Å². The molecular formula is C8H7BrN6O. The number of nitrogens with zero attached hydrogens (tertiary/aromatic N) is 4. The standard InChI is InChI=1S/C8H7BrN6O/c9-6-1-2-7(16)5(3-6)4-10-11-8-12-14-15-13-8/h1-4,16H,(H2,11,12,13,14,15)/b10-4+. The summed E-state index contributed by atoms with van der Waals surface area (Å²) in [6.45, 7) is 0. The first kappa shape index (κ1) is 10.6. The van der Waals surface area contributed by atoms with E-state index in [9.17, 15) is 5.11 Å². The molecule has 82 valence electrons. The number of hydrogen-bond acceptors (Lipinski definition) is 6. The summed E-state index contributed by atoms with van der Waals surface area (Å²) in [6, 6.07) is 5.04. The van der Waals surface area contributed by atoms with E-state index in [1.807, 2.05) is 0 Å². The predicted octanol–water partition coefficient (Wildman–Crippen LogP) is 1.11. The van der Waals surface area contributed by atoms with Gasteiger partial charge in [-0.1, -0.05) is 21.0 Å². The highest BCUT2D eigenvalue weighted by molar-refractivity contribution is 9.10. The van der Waals surface area contributed by atoms with Crippen LogP contribution in [0.5, 0.6) is 5.75 Å². The van der Waals surface area contributed by atoms with Crippen molar-refractivity contribution in [3.63, 3.8) is 0 Å². The molecule has 3 N–H and O–H groups in total. The molecule has 0 radical (unpaired) electrons. The topological polar surface area (TPSA) is 99.1 Å². The Labute approximate surface area is 98.7 Å². The molecule has 0 saturated carbocycles. The highest BCUT2D eigenvalue weighted by Gasteiger charge is 1.98. The number of hydrazone groups is 1. The van der Waals surface area contributed by atoms with E-state index in [0.717, 1.165) is 4.47 Å². The number of H-pyrrole nitrogens is 1. The fourth-order valence-electron chi connectivity index (χ4n) is 0.998. The van der Waals surface area contributed by atoms with Gasteiger partial charge in [-0.25, -0.2) is 10.5 Å². The van der Waals surface area contributed by atoms with Gasteiger partial charge in [-0.2, -0.15) is 5.10 Å². The summed E-state index contributed by atoms with van der Waals surface area (Å²) < 4.78 is 0.855. The van der Waals surface area contributed by atoms with Crippen LogP contribution in [-0.4, -0.2) is 31.9 Å². The summed E-state index contributed by atoms with van der Waals surface area (Å²) >= 11 is 3.30. The molecule has 7 nitrogen and oxygen atoms in total. The molecule has 0 spiro atoms. The molecule has 0 atom stereocenters. The number of halogens is 1. The number of aromatic hydroxyl groups is 1. The summed E-state index contributed by atoms with van der Waals surface area (Å²) in [5, 5.41) is 26.1. The fourth-order valence-corrected chi connectivity index (χ4v) is 1.38. The number of aromatic amines is 1. The third-order valence-electron chi connectivity index (χ3n) is 1.71. The Morgan fingerprint density at radius 3 is 3.12 bits per heavy atom. The van der Waals surface area contributed by atoms with Gasteiger partial charge < -0.3 is 5.11 Å². The average Bonchev–Trinajstić information content (AvgIpc) is 2.76. The molecule has 1 aromatic carbocycles. The number of hydrogen-bond donors (Lipinski definition) is 3. The Kier molecular flexibility index (Phi) is 3.10. The molecule has 2 aromatic rings. The highest BCUT2D eigenvalue weighted by atomic mass is 79.9. The molecule has 0 amide bonds. The first-order valence-electron chi connectivity index (χ1n) is 4.27. The number of aromatic nitrogens is 4. The minimum absolute atomic E-state index is 0.143. The molecule has 1 aromatic heterocycles. The SMILES string of the molecule is Oc1ccc(Br)cc1/C=N/Nc1nnn[nH]1. The summed E-state index contributed by atoms with van der Waals surface area (Å²) in [7, 11) is 0. The van der Waals surface area contributed by atoms with Gasteiger partial charge in [0.15, 0.2) is 0 Å². The minimum atomic E-state index is 0.143. The van der Waals surface area contributed by atoms with Gasteiger partial charge >= 0.3 is 0 Å². The Morgan fingerprint density at radius 2 is 2.38 bits per heavy atom. The third kappa shape index (κ3) is 2.54. The van der Waals surface area contributed by atoms with Crippen LogP contribution in [0.1, 0.15) is 5.56 Å². The van der Waals surface area contributed by atoms with E-state index in [0.29, 0.717) is 11.5 Å². The Morgan fingerprint density at radius 1 is 1.50 bits per heavy atom. The number of phenolic OH excluding ortho intramolecular Hbond substituents is 1. The van der Waals surface area contributed by atoms with Gasteiger partial charge in [0.1, 0.15) is 5.75 Å². The first-order chi connectivity index (χ1) is 7.75. The monoisotopic (exact) mass is 282 g/mol. The number of phenols is 1. The highest BCUT2D eigenvalue weighted by Crippen LogP contribution is 2.19. The van der Waals surface area contributed by atoms with Crippen LogP contribution in [-0.2, 0) is 0 Å². The molecule has 16 heavy (non-hydrogen) atoms. The number of nitrogens with one attached hydrogen (secondary N) is 2. The quantitative estimate of drug-likeness (QED) is 0.579. The zero-order valence-corrected chi connectivity index (χ0v) is 9.51. The molecule has 0 aliphatic carbocycles. The van der Waals surface area contributed by atoms with Crippen molar-refractivity contribution in [2.75, 3.05) is 5.43 Å². The summed E-state index contributed by atoms with van der Waals surface area (Å²) in [5.41, 5.74) is 3.15. The number of benzene rings is 1. The Hall–Kier alpha value is -1.96. The number of anilines is 1. The van der Waals surface area contributed by atoms with Gasteiger partial charge in [0.2, 0.25) is 0 Å². The lowest BCUT2D eigenvalue weighted by molar-refractivity contribution is 0.474. The van der Waals surface area contributed by atoms with Crippen LogP contribution in [0.3, 0.4) is 0 Å². The van der Waals surface area contributed by atoms with Crippen molar-refractivity contribution < 1.29 is 5.11 Å². The molecule has 0 unspecified atom stereocenters. The van der Waals surface area contributed by atoms with Gasteiger partial charge in [-0.3, -0.25) is 0 Å². The third-order valence-corrected chi connectivity index (χ3v) is 2.20. The normalized spacial score (nSPS) is 10.8. The maximum atomic E-state index is 9.50. The Bertz CT molecular complexity index is 497. The van der Waals surface area contributed by atoms with Crippen LogP contribution in [0.25, 0.3) is 0 Å². The van der Waals surface area contributed by atoms with Crippen molar-refractivity contribution in [3.05, 3.63) is 28.2 Å².